The lowest BCUT2D eigenvalue weighted by Gasteiger charge is -2.36. The smallest absolute Gasteiger partial charge is 0.224 e. The van der Waals surface area contributed by atoms with Crippen LogP contribution in [0.2, 0.25) is 5.28 Å². The van der Waals surface area contributed by atoms with Crippen LogP contribution in [0.25, 0.3) is 10.9 Å². The van der Waals surface area contributed by atoms with E-state index in [-0.39, 0.29) is 5.28 Å². The van der Waals surface area contributed by atoms with Gasteiger partial charge in [0.2, 0.25) is 5.28 Å². The van der Waals surface area contributed by atoms with Gasteiger partial charge in [-0.1, -0.05) is 31.4 Å². The van der Waals surface area contributed by atoms with E-state index in [9.17, 15) is 0 Å². The number of hydrogen-bond donors (Lipinski definition) is 0. The summed E-state index contributed by atoms with van der Waals surface area (Å²) in [6, 6.07) is 16.7. The standard InChI is InChI=1S/C21H22ClN3O/c1-26-17-13-11-16(12-14-17)25(15-7-3-2-4-8-15)20-18-9-5-6-10-19(18)23-21(22)24-20/h5-6,9-15H,2-4,7-8H2,1H3. The molecule has 0 bridgehead atoms. The SMILES string of the molecule is COc1ccc(N(c2nc(Cl)nc3ccccc23)C2CCCCC2)cc1. The summed E-state index contributed by atoms with van der Waals surface area (Å²) < 4.78 is 5.32. The second-order valence-electron chi connectivity index (χ2n) is 6.69. The molecule has 0 N–H and O–H groups in total. The van der Waals surface area contributed by atoms with Crippen molar-refractivity contribution in [3.8, 4) is 5.75 Å². The number of hydrogen-bond acceptors (Lipinski definition) is 4. The zero-order chi connectivity index (χ0) is 17.9. The van der Waals surface area contributed by atoms with Crippen LogP contribution in [-0.2, 0) is 0 Å². The van der Waals surface area contributed by atoms with E-state index in [2.05, 4.69) is 33.1 Å². The third kappa shape index (κ3) is 3.34. The Bertz CT molecular complexity index is 891. The van der Waals surface area contributed by atoms with Gasteiger partial charge in [-0.15, -0.1) is 0 Å². The summed E-state index contributed by atoms with van der Waals surface area (Å²) in [7, 11) is 1.69. The Morgan fingerprint density at radius 1 is 0.962 bits per heavy atom. The molecule has 3 aromatic rings. The number of para-hydroxylation sites is 1. The predicted octanol–water partition coefficient (Wildman–Crippen LogP) is 5.76. The van der Waals surface area contributed by atoms with Crippen molar-refractivity contribution in [3.63, 3.8) is 0 Å². The quantitative estimate of drug-likeness (QED) is 0.549. The van der Waals surface area contributed by atoms with Crippen LogP contribution in [0.4, 0.5) is 11.5 Å². The van der Waals surface area contributed by atoms with Crippen LogP contribution in [-0.4, -0.2) is 23.1 Å². The summed E-state index contributed by atoms with van der Waals surface area (Å²) in [4.78, 5) is 11.4. The van der Waals surface area contributed by atoms with Crippen molar-refractivity contribution in [3.05, 3.63) is 53.8 Å². The van der Waals surface area contributed by atoms with Gasteiger partial charge in [0.15, 0.2) is 0 Å². The largest absolute Gasteiger partial charge is 0.497 e. The van der Waals surface area contributed by atoms with Crippen molar-refractivity contribution in [2.45, 2.75) is 38.1 Å². The van der Waals surface area contributed by atoms with Gasteiger partial charge < -0.3 is 9.64 Å². The molecular formula is C21H22ClN3O. The molecule has 5 heteroatoms. The average Bonchev–Trinajstić information content (AvgIpc) is 2.69. The summed E-state index contributed by atoms with van der Waals surface area (Å²) in [5.41, 5.74) is 1.98. The Morgan fingerprint density at radius 2 is 1.69 bits per heavy atom. The molecule has 1 aliphatic carbocycles. The molecule has 0 amide bonds. The fourth-order valence-corrected chi connectivity index (χ4v) is 3.98. The van der Waals surface area contributed by atoms with E-state index in [1.807, 2.05) is 30.3 Å². The maximum atomic E-state index is 6.27. The van der Waals surface area contributed by atoms with Crippen molar-refractivity contribution in [2.24, 2.45) is 0 Å². The summed E-state index contributed by atoms with van der Waals surface area (Å²) in [6.45, 7) is 0. The van der Waals surface area contributed by atoms with Crippen molar-refractivity contribution in [1.82, 2.24) is 9.97 Å². The van der Waals surface area contributed by atoms with Crippen LogP contribution < -0.4 is 9.64 Å². The van der Waals surface area contributed by atoms with E-state index in [1.165, 1.54) is 19.3 Å². The van der Waals surface area contributed by atoms with Gasteiger partial charge in [-0.05, 0) is 60.8 Å². The first-order valence-electron chi connectivity index (χ1n) is 9.12. The molecule has 1 aliphatic rings. The fraction of sp³-hybridized carbons (Fsp3) is 0.333. The van der Waals surface area contributed by atoms with Crippen molar-refractivity contribution >= 4 is 34.0 Å². The number of fused-ring (bicyclic) bond motifs is 1. The highest BCUT2D eigenvalue weighted by molar-refractivity contribution is 6.28. The minimum atomic E-state index is 0.285. The highest BCUT2D eigenvalue weighted by Gasteiger charge is 2.26. The molecule has 2 aromatic carbocycles. The predicted molar refractivity (Wildman–Crippen MR) is 107 cm³/mol. The van der Waals surface area contributed by atoms with Gasteiger partial charge >= 0.3 is 0 Å². The molecule has 0 radical (unpaired) electrons. The molecule has 1 aromatic heterocycles. The Labute approximate surface area is 158 Å². The number of halogens is 1. The minimum absolute atomic E-state index is 0.285. The monoisotopic (exact) mass is 367 g/mol. The van der Waals surface area contributed by atoms with E-state index in [1.54, 1.807) is 7.11 Å². The lowest BCUT2D eigenvalue weighted by molar-refractivity contribution is 0.414. The van der Waals surface area contributed by atoms with Crippen LogP contribution >= 0.6 is 11.6 Å². The molecule has 134 valence electrons. The molecule has 4 nitrogen and oxygen atoms in total. The lowest BCUT2D eigenvalue weighted by Crippen LogP contribution is -2.33. The maximum Gasteiger partial charge on any atom is 0.224 e. The number of rotatable bonds is 4. The molecule has 0 saturated heterocycles. The number of nitrogens with zero attached hydrogens (tertiary/aromatic N) is 3. The molecule has 1 saturated carbocycles. The van der Waals surface area contributed by atoms with Crippen molar-refractivity contribution < 1.29 is 4.74 Å². The molecule has 4 rings (SSSR count). The molecule has 1 heterocycles. The number of methoxy groups -OCH3 is 1. The maximum absolute atomic E-state index is 6.27. The Morgan fingerprint density at radius 3 is 2.42 bits per heavy atom. The Kier molecular flexibility index (Phi) is 4.93. The summed E-state index contributed by atoms with van der Waals surface area (Å²) >= 11 is 6.27. The van der Waals surface area contributed by atoms with Crippen LogP contribution in [0.5, 0.6) is 5.75 Å². The highest BCUT2D eigenvalue weighted by atomic mass is 35.5. The first kappa shape index (κ1) is 17.1. The van der Waals surface area contributed by atoms with E-state index >= 15 is 0 Å². The fourth-order valence-electron chi connectivity index (χ4n) is 3.80. The first-order chi connectivity index (χ1) is 12.8. The van der Waals surface area contributed by atoms with E-state index in [0.717, 1.165) is 41.0 Å². The number of aromatic nitrogens is 2. The van der Waals surface area contributed by atoms with E-state index in [0.29, 0.717) is 6.04 Å². The summed E-state index contributed by atoms with van der Waals surface area (Å²) in [5.74, 6) is 1.74. The second-order valence-corrected chi connectivity index (χ2v) is 7.03. The van der Waals surface area contributed by atoms with Crippen molar-refractivity contribution in [1.29, 1.82) is 0 Å². The zero-order valence-corrected chi connectivity index (χ0v) is 15.6. The van der Waals surface area contributed by atoms with Crippen LogP contribution in [0, 0.1) is 0 Å². The third-order valence-electron chi connectivity index (χ3n) is 5.07. The lowest BCUT2D eigenvalue weighted by atomic mass is 9.93. The molecule has 0 atom stereocenters. The first-order valence-corrected chi connectivity index (χ1v) is 9.49. The zero-order valence-electron chi connectivity index (χ0n) is 14.9. The third-order valence-corrected chi connectivity index (χ3v) is 5.24. The topological polar surface area (TPSA) is 38.2 Å². The summed E-state index contributed by atoms with van der Waals surface area (Å²) in [5, 5.41) is 1.31. The van der Waals surface area contributed by atoms with Crippen molar-refractivity contribution in [2.75, 3.05) is 12.0 Å². The molecule has 26 heavy (non-hydrogen) atoms. The van der Waals surface area contributed by atoms with Crippen LogP contribution in [0.1, 0.15) is 32.1 Å². The highest BCUT2D eigenvalue weighted by Crippen LogP contribution is 2.37. The van der Waals surface area contributed by atoms with E-state index < -0.39 is 0 Å². The number of benzene rings is 2. The summed E-state index contributed by atoms with van der Waals surface area (Å²) in [6.07, 6.45) is 6.10. The van der Waals surface area contributed by atoms with Gasteiger partial charge in [0, 0.05) is 17.1 Å². The van der Waals surface area contributed by atoms with Gasteiger partial charge in [-0.3, -0.25) is 0 Å². The van der Waals surface area contributed by atoms with E-state index in [4.69, 9.17) is 16.3 Å². The molecule has 1 fully saturated rings. The van der Waals surface area contributed by atoms with Crippen LogP contribution in [0.15, 0.2) is 48.5 Å². The Hall–Kier alpha value is -2.33. The van der Waals surface area contributed by atoms with Gasteiger partial charge in [-0.2, -0.15) is 4.98 Å². The number of anilines is 2. The molecule has 0 spiro atoms. The average molecular weight is 368 g/mol. The number of ether oxygens (including phenoxy) is 1. The van der Waals surface area contributed by atoms with Gasteiger partial charge in [0.05, 0.1) is 12.6 Å². The molecule has 0 aliphatic heterocycles. The normalized spacial score (nSPS) is 15.2. The second kappa shape index (κ2) is 7.50. The molecule has 0 unspecified atom stereocenters. The minimum Gasteiger partial charge on any atom is -0.497 e. The Balaban J connectivity index is 1.87. The van der Waals surface area contributed by atoms with Gasteiger partial charge in [-0.25, -0.2) is 4.98 Å². The van der Waals surface area contributed by atoms with Gasteiger partial charge in [0.25, 0.3) is 0 Å². The van der Waals surface area contributed by atoms with Gasteiger partial charge in [0.1, 0.15) is 11.6 Å². The van der Waals surface area contributed by atoms with Crippen LogP contribution in [0.3, 0.4) is 0 Å². The molecular weight excluding hydrogens is 346 g/mol.